The van der Waals surface area contributed by atoms with Crippen molar-refractivity contribution in [3.05, 3.63) is 87.3 Å². The van der Waals surface area contributed by atoms with Crippen LogP contribution in [0.15, 0.2) is 53.3 Å². The molecule has 1 aliphatic heterocycles. The molecule has 2 aromatic carbocycles. The van der Waals surface area contributed by atoms with Gasteiger partial charge in [0.05, 0.1) is 35.8 Å². The number of nitrogens with zero attached hydrogens (tertiary/aromatic N) is 3. The van der Waals surface area contributed by atoms with Gasteiger partial charge in [-0.1, -0.05) is 12.1 Å². The second-order valence-corrected chi connectivity index (χ2v) is 9.93. The number of rotatable bonds is 7. The molecule has 1 fully saturated rings. The molecule has 3 aromatic rings. The summed E-state index contributed by atoms with van der Waals surface area (Å²) in [6, 6.07) is 12.1. The number of ether oxygens (including phenoxy) is 1. The zero-order valence-corrected chi connectivity index (χ0v) is 21.6. The predicted molar refractivity (Wildman–Crippen MR) is 137 cm³/mol. The van der Waals surface area contributed by atoms with Crippen molar-refractivity contribution in [2.24, 2.45) is 5.41 Å². The number of likely N-dealkylation sites (tertiary alicyclic amines) is 1. The van der Waals surface area contributed by atoms with Crippen LogP contribution in [-0.4, -0.2) is 39.5 Å². The van der Waals surface area contributed by atoms with Gasteiger partial charge in [0.15, 0.2) is 17.3 Å². The monoisotopic (exact) mass is 535 g/mol. The molecule has 0 saturated carbocycles. The van der Waals surface area contributed by atoms with E-state index in [2.05, 4.69) is 21.6 Å². The first-order valence-electron chi connectivity index (χ1n) is 12.3. The van der Waals surface area contributed by atoms with E-state index in [0.717, 1.165) is 6.07 Å². The first kappa shape index (κ1) is 27.4. The standard InChI is InChI=1S/C28H27F2N5O4/c1-16-11-23(27(38)34-33-16)39-22-9-7-18(13-20(22)30)26(37)32-14-25(36)35-21(17-5-4-6-19(29)12-17)8-10-24(35)28(2,3)15-31/h4-7,9,11-13,21,24H,8,10,14H2,1-3H3,(H,32,37)(H,34,38)/t21-,24?/m0/s1. The summed E-state index contributed by atoms with van der Waals surface area (Å²) in [4.78, 5) is 39.5. The van der Waals surface area contributed by atoms with Crippen molar-refractivity contribution >= 4 is 11.8 Å². The minimum Gasteiger partial charge on any atom is -0.448 e. The van der Waals surface area contributed by atoms with E-state index in [-0.39, 0.29) is 17.1 Å². The van der Waals surface area contributed by atoms with E-state index in [9.17, 15) is 28.4 Å². The fourth-order valence-corrected chi connectivity index (χ4v) is 4.73. The summed E-state index contributed by atoms with van der Waals surface area (Å²) in [5.41, 5.74) is -0.521. The summed E-state index contributed by atoms with van der Waals surface area (Å²) < 4.78 is 34.0. The van der Waals surface area contributed by atoms with E-state index in [1.165, 1.54) is 30.3 Å². The van der Waals surface area contributed by atoms with E-state index in [1.807, 2.05) is 0 Å². The van der Waals surface area contributed by atoms with Gasteiger partial charge in [0.1, 0.15) is 5.82 Å². The Morgan fingerprint density at radius 2 is 1.95 bits per heavy atom. The molecule has 2 atom stereocenters. The van der Waals surface area contributed by atoms with Crippen LogP contribution in [0.5, 0.6) is 11.5 Å². The number of aryl methyl sites for hydroxylation is 1. The highest BCUT2D eigenvalue weighted by molar-refractivity contribution is 5.96. The van der Waals surface area contributed by atoms with Gasteiger partial charge in [0.2, 0.25) is 5.91 Å². The highest BCUT2D eigenvalue weighted by Crippen LogP contribution is 2.43. The number of carbonyl (C=O) groups is 2. The van der Waals surface area contributed by atoms with E-state index in [0.29, 0.717) is 24.1 Å². The quantitative estimate of drug-likeness (QED) is 0.468. The van der Waals surface area contributed by atoms with Gasteiger partial charge in [-0.2, -0.15) is 10.4 Å². The number of amides is 2. The summed E-state index contributed by atoms with van der Waals surface area (Å²) >= 11 is 0. The highest BCUT2D eigenvalue weighted by Gasteiger charge is 2.45. The van der Waals surface area contributed by atoms with Crippen LogP contribution < -0.4 is 15.6 Å². The van der Waals surface area contributed by atoms with Gasteiger partial charge in [0.25, 0.3) is 5.91 Å². The van der Waals surface area contributed by atoms with Crippen LogP contribution >= 0.6 is 0 Å². The molecule has 2 amide bonds. The Morgan fingerprint density at radius 1 is 1.18 bits per heavy atom. The fourth-order valence-electron chi connectivity index (χ4n) is 4.73. The van der Waals surface area contributed by atoms with Crippen LogP contribution in [-0.2, 0) is 4.79 Å². The molecule has 39 heavy (non-hydrogen) atoms. The zero-order chi connectivity index (χ0) is 28.3. The van der Waals surface area contributed by atoms with Crippen molar-refractivity contribution in [3.8, 4) is 17.6 Å². The highest BCUT2D eigenvalue weighted by atomic mass is 19.1. The topological polar surface area (TPSA) is 128 Å². The molecule has 202 valence electrons. The molecule has 1 saturated heterocycles. The van der Waals surface area contributed by atoms with E-state index in [1.54, 1.807) is 37.8 Å². The van der Waals surface area contributed by atoms with Crippen LogP contribution in [0.1, 0.15) is 54.3 Å². The number of nitrogens with one attached hydrogen (secondary N) is 2. The number of nitriles is 1. The third-order valence-electron chi connectivity index (χ3n) is 6.74. The Balaban J connectivity index is 1.49. The maximum absolute atomic E-state index is 14.7. The molecule has 0 spiro atoms. The molecule has 1 aromatic heterocycles. The van der Waals surface area contributed by atoms with Crippen molar-refractivity contribution in [1.82, 2.24) is 20.4 Å². The largest absolute Gasteiger partial charge is 0.448 e. The van der Waals surface area contributed by atoms with Crippen molar-refractivity contribution in [1.29, 1.82) is 5.26 Å². The maximum Gasteiger partial charge on any atom is 0.307 e. The van der Waals surface area contributed by atoms with E-state index >= 15 is 0 Å². The summed E-state index contributed by atoms with van der Waals surface area (Å²) in [6.07, 6.45) is 1.07. The van der Waals surface area contributed by atoms with Crippen LogP contribution in [0.25, 0.3) is 0 Å². The minimum absolute atomic E-state index is 0.0653. The normalized spacial score (nSPS) is 17.0. The van der Waals surface area contributed by atoms with Gasteiger partial charge in [-0.25, -0.2) is 13.9 Å². The van der Waals surface area contributed by atoms with E-state index < -0.39 is 53.1 Å². The summed E-state index contributed by atoms with van der Waals surface area (Å²) in [7, 11) is 0. The van der Waals surface area contributed by atoms with Crippen molar-refractivity contribution < 1.29 is 23.1 Å². The third kappa shape index (κ3) is 5.95. The average molecular weight is 536 g/mol. The lowest BCUT2D eigenvalue weighted by molar-refractivity contribution is -0.134. The van der Waals surface area contributed by atoms with Crippen molar-refractivity contribution in [2.75, 3.05) is 6.54 Å². The number of benzene rings is 2. The number of carbonyl (C=O) groups excluding carboxylic acids is 2. The van der Waals surface area contributed by atoms with Crippen LogP contribution in [0.2, 0.25) is 0 Å². The van der Waals surface area contributed by atoms with E-state index in [4.69, 9.17) is 4.74 Å². The Bertz CT molecular complexity index is 1510. The van der Waals surface area contributed by atoms with Crippen molar-refractivity contribution in [3.63, 3.8) is 0 Å². The number of hydrogen-bond acceptors (Lipinski definition) is 6. The molecule has 1 unspecified atom stereocenters. The number of H-pyrrole nitrogens is 1. The lowest BCUT2D eigenvalue weighted by Crippen LogP contribution is -2.48. The molecule has 2 N–H and O–H groups in total. The Labute approximate surface area is 223 Å². The summed E-state index contributed by atoms with van der Waals surface area (Å²) in [5.74, 6) is -2.90. The minimum atomic E-state index is -0.885. The maximum atomic E-state index is 14.7. The Morgan fingerprint density at radius 3 is 2.64 bits per heavy atom. The fraction of sp³-hybridized carbons (Fsp3) is 0.321. The first-order chi connectivity index (χ1) is 18.5. The van der Waals surface area contributed by atoms with Crippen molar-refractivity contribution in [2.45, 2.75) is 45.7 Å². The molecule has 11 heteroatoms. The van der Waals surface area contributed by atoms with Crippen LogP contribution in [0.3, 0.4) is 0 Å². The zero-order valence-electron chi connectivity index (χ0n) is 21.6. The first-order valence-corrected chi connectivity index (χ1v) is 12.3. The number of aromatic amines is 1. The molecule has 2 heterocycles. The number of halogens is 2. The van der Waals surface area contributed by atoms with Crippen LogP contribution in [0.4, 0.5) is 8.78 Å². The van der Waals surface area contributed by atoms with Gasteiger partial charge in [-0.3, -0.25) is 14.4 Å². The lowest BCUT2D eigenvalue weighted by Gasteiger charge is -2.36. The van der Waals surface area contributed by atoms with Gasteiger partial charge in [-0.15, -0.1) is 0 Å². The predicted octanol–water partition coefficient (Wildman–Crippen LogP) is 4.16. The van der Waals surface area contributed by atoms with Gasteiger partial charge in [0, 0.05) is 11.6 Å². The smallest absolute Gasteiger partial charge is 0.307 e. The molecule has 0 bridgehead atoms. The molecule has 4 rings (SSSR count). The Hall–Kier alpha value is -4.59. The van der Waals surface area contributed by atoms with Gasteiger partial charge in [-0.05, 0) is 69.5 Å². The summed E-state index contributed by atoms with van der Waals surface area (Å²) in [5, 5.41) is 18.2. The molecular formula is C28H27F2N5O4. The number of hydrogen-bond donors (Lipinski definition) is 2. The molecule has 0 aliphatic carbocycles. The Kier molecular flexibility index (Phi) is 7.76. The average Bonchev–Trinajstić information content (AvgIpc) is 3.37. The molecule has 9 nitrogen and oxygen atoms in total. The third-order valence-corrected chi connectivity index (χ3v) is 6.74. The second-order valence-electron chi connectivity index (χ2n) is 9.93. The molecular weight excluding hydrogens is 508 g/mol. The summed E-state index contributed by atoms with van der Waals surface area (Å²) in [6.45, 7) is 4.68. The number of aromatic nitrogens is 2. The van der Waals surface area contributed by atoms with Crippen LogP contribution in [0, 0.1) is 35.3 Å². The molecule has 0 radical (unpaired) electrons. The SMILES string of the molecule is Cc1cc(Oc2ccc(C(=O)NCC(=O)N3C(C(C)(C)C#N)CC[C@H]3c3cccc(F)c3)cc2F)c(=O)[nH]n1. The molecule has 1 aliphatic rings. The van der Waals surface area contributed by atoms with Gasteiger partial charge < -0.3 is 15.0 Å². The van der Waals surface area contributed by atoms with Gasteiger partial charge >= 0.3 is 5.56 Å². The lowest BCUT2D eigenvalue weighted by atomic mass is 9.84. The second kappa shape index (κ2) is 11.0.